The molecule has 1 aromatic heterocycles. The van der Waals surface area contributed by atoms with Crippen LogP contribution in [0.15, 0.2) is 33.2 Å². The van der Waals surface area contributed by atoms with Gasteiger partial charge in [0.2, 0.25) is 0 Å². The van der Waals surface area contributed by atoms with Crippen LogP contribution >= 0.6 is 27.5 Å². The van der Waals surface area contributed by atoms with Crippen molar-refractivity contribution in [3.05, 3.63) is 56.7 Å². The molecule has 0 spiro atoms. The van der Waals surface area contributed by atoms with Crippen LogP contribution < -0.4 is 5.32 Å². The predicted molar refractivity (Wildman–Crippen MR) is 87.3 cm³/mol. The monoisotopic (exact) mass is 373 g/mol. The fourth-order valence-electron chi connectivity index (χ4n) is 2.16. The standard InChI is InChI=1S/C16H18BrClFNO/c1-3-9-20-16(13-8-5-10(4-2)21-13)11-6-7-12(17)14(18)15(11)19/h5-8,16,20H,3-4,9H2,1-2H3. The van der Waals surface area contributed by atoms with Crippen LogP contribution in [-0.2, 0) is 6.42 Å². The molecule has 0 bridgehead atoms. The summed E-state index contributed by atoms with van der Waals surface area (Å²) in [5.74, 6) is 1.17. The average Bonchev–Trinajstić information content (AvgIpc) is 2.96. The third-order valence-corrected chi connectivity index (χ3v) is 4.55. The van der Waals surface area contributed by atoms with Gasteiger partial charge in [-0.3, -0.25) is 0 Å². The molecule has 5 heteroatoms. The molecule has 114 valence electrons. The number of aryl methyl sites for hydroxylation is 1. The molecule has 1 unspecified atom stereocenters. The van der Waals surface area contributed by atoms with Gasteiger partial charge >= 0.3 is 0 Å². The lowest BCUT2D eigenvalue weighted by atomic mass is 10.0. The number of furan rings is 1. The van der Waals surface area contributed by atoms with E-state index in [1.807, 2.05) is 19.1 Å². The van der Waals surface area contributed by atoms with E-state index in [-0.39, 0.29) is 11.1 Å². The van der Waals surface area contributed by atoms with Crippen LogP contribution in [0.4, 0.5) is 4.39 Å². The second-order valence-electron chi connectivity index (χ2n) is 4.81. The van der Waals surface area contributed by atoms with Crippen LogP contribution in [-0.4, -0.2) is 6.54 Å². The van der Waals surface area contributed by atoms with E-state index in [1.165, 1.54) is 0 Å². The normalized spacial score (nSPS) is 12.6. The molecule has 0 aliphatic carbocycles. The zero-order valence-electron chi connectivity index (χ0n) is 12.1. The van der Waals surface area contributed by atoms with Gasteiger partial charge in [0, 0.05) is 16.5 Å². The van der Waals surface area contributed by atoms with Gasteiger partial charge in [0.1, 0.15) is 17.3 Å². The number of nitrogens with one attached hydrogen (secondary N) is 1. The van der Waals surface area contributed by atoms with Crippen molar-refractivity contribution in [3.63, 3.8) is 0 Å². The fraction of sp³-hybridized carbons (Fsp3) is 0.375. The van der Waals surface area contributed by atoms with Crippen LogP contribution in [0, 0.1) is 5.82 Å². The van der Waals surface area contributed by atoms with Crippen LogP contribution in [0.25, 0.3) is 0 Å². The maximum atomic E-state index is 14.5. The van der Waals surface area contributed by atoms with Crippen LogP contribution in [0.1, 0.15) is 43.4 Å². The third-order valence-electron chi connectivity index (χ3n) is 3.29. The van der Waals surface area contributed by atoms with Gasteiger partial charge in [-0.15, -0.1) is 0 Å². The Morgan fingerprint density at radius 3 is 2.67 bits per heavy atom. The zero-order valence-corrected chi connectivity index (χ0v) is 14.4. The van der Waals surface area contributed by atoms with Gasteiger partial charge in [0.25, 0.3) is 0 Å². The molecule has 1 heterocycles. The molecular weight excluding hydrogens is 357 g/mol. The number of halogens is 3. The van der Waals surface area contributed by atoms with Crippen molar-refractivity contribution in [1.82, 2.24) is 5.32 Å². The number of hydrogen-bond donors (Lipinski definition) is 1. The summed E-state index contributed by atoms with van der Waals surface area (Å²) in [6.45, 7) is 4.85. The molecule has 2 rings (SSSR count). The van der Waals surface area contributed by atoms with E-state index in [1.54, 1.807) is 12.1 Å². The second-order valence-corrected chi connectivity index (χ2v) is 6.04. The third kappa shape index (κ3) is 3.68. The minimum Gasteiger partial charge on any atom is -0.464 e. The van der Waals surface area contributed by atoms with Gasteiger partial charge in [0.15, 0.2) is 0 Å². The van der Waals surface area contributed by atoms with E-state index in [9.17, 15) is 4.39 Å². The average molecular weight is 375 g/mol. The quantitative estimate of drug-likeness (QED) is 0.677. The summed E-state index contributed by atoms with van der Waals surface area (Å²) in [4.78, 5) is 0. The first-order valence-electron chi connectivity index (χ1n) is 7.03. The lowest BCUT2D eigenvalue weighted by molar-refractivity contribution is 0.414. The SMILES string of the molecule is CCCNC(c1ccc(CC)o1)c1ccc(Br)c(Cl)c1F. The van der Waals surface area contributed by atoms with Gasteiger partial charge in [-0.05, 0) is 47.1 Å². The molecule has 0 aliphatic heterocycles. The summed E-state index contributed by atoms with van der Waals surface area (Å²) < 4.78 is 20.8. The predicted octanol–water partition coefficient (Wildman–Crippen LogP) is 5.49. The minimum absolute atomic E-state index is 0.0954. The van der Waals surface area contributed by atoms with E-state index in [0.29, 0.717) is 15.8 Å². The van der Waals surface area contributed by atoms with Gasteiger partial charge in [0.05, 0.1) is 11.1 Å². The Kier molecular flexibility index (Phi) is 5.85. The van der Waals surface area contributed by atoms with Crippen LogP contribution in [0.5, 0.6) is 0 Å². The number of benzene rings is 1. The molecule has 1 aromatic carbocycles. The highest BCUT2D eigenvalue weighted by molar-refractivity contribution is 9.10. The highest BCUT2D eigenvalue weighted by Gasteiger charge is 2.23. The molecule has 0 amide bonds. The molecule has 1 N–H and O–H groups in total. The van der Waals surface area contributed by atoms with Gasteiger partial charge in [-0.1, -0.05) is 31.5 Å². The smallest absolute Gasteiger partial charge is 0.148 e. The first-order chi connectivity index (χ1) is 10.1. The van der Waals surface area contributed by atoms with Crippen molar-refractivity contribution in [2.24, 2.45) is 0 Å². The number of hydrogen-bond acceptors (Lipinski definition) is 2. The molecule has 0 aliphatic rings. The molecule has 21 heavy (non-hydrogen) atoms. The Morgan fingerprint density at radius 2 is 2.05 bits per heavy atom. The summed E-state index contributed by atoms with van der Waals surface area (Å²) in [6.07, 6.45) is 1.76. The molecule has 0 fully saturated rings. The minimum atomic E-state index is -0.422. The van der Waals surface area contributed by atoms with Crippen molar-refractivity contribution < 1.29 is 8.81 Å². The van der Waals surface area contributed by atoms with Crippen molar-refractivity contribution in [2.75, 3.05) is 6.54 Å². The second kappa shape index (κ2) is 7.43. The van der Waals surface area contributed by atoms with E-state index < -0.39 is 5.82 Å². The van der Waals surface area contributed by atoms with E-state index in [4.69, 9.17) is 16.0 Å². The Balaban J connectivity index is 2.42. The summed E-state index contributed by atoms with van der Waals surface area (Å²) >= 11 is 9.24. The van der Waals surface area contributed by atoms with Crippen molar-refractivity contribution in [3.8, 4) is 0 Å². The Bertz CT molecular complexity index is 614. The molecule has 0 saturated heterocycles. The summed E-state index contributed by atoms with van der Waals surface area (Å²) in [7, 11) is 0. The summed E-state index contributed by atoms with van der Waals surface area (Å²) in [6, 6.07) is 6.96. The Morgan fingerprint density at radius 1 is 1.29 bits per heavy atom. The first-order valence-corrected chi connectivity index (χ1v) is 8.20. The molecule has 2 nitrogen and oxygen atoms in total. The largest absolute Gasteiger partial charge is 0.464 e. The van der Waals surface area contributed by atoms with Gasteiger partial charge < -0.3 is 9.73 Å². The van der Waals surface area contributed by atoms with Crippen molar-refractivity contribution in [2.45, 2.75) is 32.7 Å². The Labute approximate surface area is 137 Å². The lowest BCUT2D eigenvalue weighted by Crippen LogP contribution is -2.23. The van der Waals surface area contributed by atoms with Crippen LogP contribution in [0.2, 0.25) is 5.02 Å². The topological polar surface area (TPSA) is 25.2 Å². The summed E-state index contributed by atoms with van der Waals surface area (Å²) in [5, 5.41) is 3.41. The van der Waals surface area contributed by atoms with E-state index in [0.717, 1.165) is 25.1 Å². The highest BCUT2D eigenvalue weighted by atomic mass is 79.9. The molecule has 0 saturated carbocycles. The number of rotatable bonds is 6. The maximum absolute atomic E-state index is 14.5. The summed E-state index contributed by atoms with van der Waals surface area (Å²) in [5.41, 5.74) is 0.494. The van der Waals surface area contributed by atoms with E-state index in [2.05, 4.69) is 28.2 Å². The Hall–Kier alpha value is -0.840. The van der Waals surface area contributed by atoms with Gasteiger partial charge in [-0.2, -0.15) is 0 Å². The van der Waals surface area contributed by atoms with Crippen molar-refractivity contribution >= 4 is 27.5 Å². The van der Waals surface area contributed by atoms with Gasteiger partial charge in [-0.25, -0.2) is 4.39 Å². The van der Waals surface area contributed by atoms with Crippen LogP contribution in [0.3, 0.4) is 0 Å². The zero-order chi connectivity index (χ0) is 15.4. The van der Waals surface area contributed by atoms with E-state index >= 15 is 0 Å². The van der Waals surface area contributed by atoms with Crippen molar-refractivity contribution in [1.29, 1.82) is 0 Å². The first kappa shape index (κ1) is 16.5. The highest BCUT2D eigenvalue weighted by Crippen LogP contribution is 2.33. The molecule has 1 atom stereocenters. The molecule has 2 aromatic rings. The lowest BCUT2D eigenvalue weighted by Gasteiger charge is -2.18. The molecule has 0 radical (unpaired) electrons. The maximum Gasteiger partial charge on any atom is 0.148 e. The molecular formula is C16H18BrClFNO. The fourth-order valence-corrected chi connectivity index (χ4v) is 2.63.